The fraction of sp³-hybridized carbons (Fsp3) is 0.348. The van der Waals surface area contributed by atoms with Crippen LogP contribution in [0.4, 0.5) is 19.1 Å². The summed E-state index contributed by atoms with van der Waals surface area (Å²) in [7, 11) is 1.32. The van der Waals surface area contributed by atoms with Crippen LogP contribution in [0.1, 0.15) is 42.2 Å². The van der Waals surface area contributed by atoms with Crippen molar-refractivity contribution in [2.24, 2.45) is 13.0 Å². The zero-order chi connectivity index (χ0) is 25.6. The van der Waals surface area contributed by atoms with Gasteiger partial charge in [0.15, 0.2) is 11.3 Å². The van der Waals surface area contributed by atoms with Gasteiger partial charge in [0.05, 0.1) is 11.8 Å². The van der Waals surface area contributed by atoms with Gasteiger partial charge >= 0.3 is 6.18 Å². The van der Waals surface area contributed by atoms with E-state index in [1.807, 2.05) is 0 Å². The molecule has 1 fully saturated rings. The maximum Gasteiger partial charge on any atom is 0.435 e. The first-order valence-electron chi connectivity index (χ1n) is 11.2. The van der Waals surface area contributed by atoms with E-state index in [0.717, 1.165) is 23.7 Å². The van der Waals surface area contributed by atoms with E-state index < -0.39 is 29.4 Å². The minimum atomic E-state index is -4.75. The molecular weight excluding hydrogens is 479 g/mol. The smallest absolute Gasteiger partial charge is 0.435 e. The van der Waals surface area contributed by atoms with Crippen LogP contribution in [0.3, 0.4) is 0 Å². The molecule has 2 aliphatic carbocycles. The third kappa shape index (κ3) is 4.95. The molecule has 5 rings (SSSR count). The number of nitrogens with zero attached hydrogens (tertiary/aromatic N) is 5. The molecule has 1 unspecified atom stereocenters. The van der Waals surface area contributed by atoms with Crippen molar-refractivity contribution in [3.63, 3.8) is 0 Å². The number of fused-ring (bicyclic) bond motifs is 1. The number of hydrogen-bond acceptors (Lipinski definition) is 6. The number of pyridine rings is 1. The first kappa shape index (κ1) is 23.6. The van der Waals surface area contributed by atoms with Gasteiger partial charge in [0.25, 0.3) is 5.91 Å². The van der Waals surface area contributed by atoms with Crippen LogP contribution in [0.5, 0.6) is 5.75 Å². The van der Waals surface area contributed by atoms with Crippen molar-refractivity contribution in [3.05, 3.63) is 59.2 Å². The molecule has 3 aromatic heterocycles. The van der Waals surface area contributed by atoms with Crippen LogP contribution >= 0.6 is 0 Å². The number of aryl methyl sites for hydroxylation is 1. The second-order valence-corrected chi connectivity index (χ2v) is 8.76. The number of amides is 2. The fourth-order valence-electron chi connectivity index (χ4n) is 3.80. The van der Waals surface area contributed by atoms with Gasteiger partial charge in [-0.1, -0.05) is 6.08 Å². The van der Waals surface area contributed by atoms with E-state index >= 15 is 0 Å². The topological polar surface area (TPSA) is 115 Å². The molecule has 0 saturated heterocycles. The Labute approximate surface area is 202 Å². The van der Waals surface area contributed by atoms with Crippen molar-refractivity contribution < 1.29 is 27.5 Å². The van der Waals surface area contributed by atoms with Gasteiger partial charge in [-0.05, 0) is 43.5 Å². The Hall–Kier alpha value is -4.16. The molecule has 0 radical (unpaired) electrons. The minimum absolute atomic E-state index is 0.0259. The summed E-state index contributed by atoms with van der Waals surface area (Å²) in [5, 5.41) is 12.9. The van der Waals surface area contributed by atoms with Crippen LogP contribution in [0, 0.1) is 5.92 Å². The second kappa shape index (κ2) is 8.81. The third-order valence-corrected chi connectivity index (χ3v) is 5.82. The molecule has 0 spiro atoms. The Kier molecular flexibility index (Phi) is 5.77. The molecule has 0 bridgehead atoms. The van der Waals surface area contributed by atoms with E-state index in [0.29, 0.717) is 22.7 Å². The lowest BCUT2D eigenvalue weighted by molar-refractivity contribution is -0.141. The molecule has 0 aliphatic heterocycles. The summed E-state index contributed by atoms with van der Waals surface area (Å²) in [6.07, 6.45) is 2.90. The Morgan fingerprint density at radius 3 is 2.64 bits per heavy atom. The molecule has 3 aromatic rings. The molecule has 1 atom stereocenters. The quantitative estimate of drug-likeness (QED) is 0.536. The van der Waals surface area contributed by atoms with Crippen LogP contribution < -0.4 is 15.4 Å². The van der Waals surface area contributed by atoms with Crippen molar-refractivity contribution in [2.45, 2.75) is 38.5 Å². The zero-order valence-electron chi connectivity index (χ0n) is 19.3. The largest absolute Gasteiger partial charge is 0.484 e. The van der Waals surface area contributed by atoms with Crippen molar-refractivity contribution in [2.75, 3.05) is 5.32 Å². The van der Waals surface area contributed by atoms with Crippen LogP contribution in [-0.2, 0) is 18.0 Å². The molecule has 1 saturated carbocycles. The van der Waals surface area contributed by atoms with Crippen molar-refractivity contribution in [1.82, 2.24) is 29.7 Å². The number of anilines is 1. The highest BCUT2D eigenvalue weighted by atomic mass is 19.4. The number of nitrogens with one attached hydrogen (secondary N) is 2. The Morgan fingerprint density at radius 1 is 1.14 bits per heavy atom. The molecule has 2 N–H and O–H groups in total. The average molecular weight is 501 g/mol. The highest BCUT2D eigenvalue weighted by Crippen LogP contribution is 2.31. The van der Waals surface area contributed by atoms with E-state index in [9.17, 15) is 22.8 Å². The Morgan fingerprint density at radius 2 is 1.92 bits per heavy atom. The summed E-state index contributed by atoms with van der Waals surface area (Å²) in [6, 6.07) is 3.38. The summed E-state index contributed by atoms with van der Waals surface area (Å²) in [5.41, 5.74) is -0.139. The number of allylic oxidation sites excluding steroid dienone is 2. The van der Waals surface area contributed by atoms with Gasteiger partial charge in [-0.3, -0.25) is 19.6 Å². The summed E-state index contributed by atoms with van der Waals surface area (Å²) in [4.78, 5) is 28.9. The number of rotatable bonds is 6. The number of hydrogen-bond donors (Lipinski definition) is 2. The van der Waals surface area contributed by atoms with Crippen molar-refractivity contribution in [1.29, 1.82) is 0 Å². The number of aromatic nitrogens is 5. The maximum atomic E-state index is 13.3. The van der Waals surface area contributed by atoms with Gasteiger partial charge in [0.1, 0.15) is 11.9 Å². The van der Waals surface area contributed by atoms with E-state index in [4.69, 9.17) is 4.74 Å². The summed E-state index contributed by atoms with van der Waals surface area (Å²) >= 11 is 0. The summed E-state index contributed by atoms with van der Waals surface area (Å²) < 4.78 is 48.2. The molecule has 2 amide bonds. The van der Waals surface area contributed by atoms with E-state index in [1.54, 1.807) is 37.4 Å². The zero-order valence-corrected chi connectivity index (χ0v) is 19.3. The molecule has 188 valence electrons. The standard InChI is InChI=1S/C23H22F3N7O3/c1-12-3-6-14(9-17(12)27-21(35)16-11-32(2)30-19(16)23(24,25)26)36-15-7-8-18-28-22(31-33(18)10-15)29-20(34)13-4-5-13/h3,6-8,10-11,13-14H,4-5,9H2,1-2H3,(H,27,35)(H,29,31,34). The van der Waals surface area contributed by atoms with Gasteiger partial charge in [0, 0.05) is 31.3 Å². The van der Waals surface area contributed by atoms with E-state index in [1.165, 1.54) is 11.6 Å². The number of halogens is 3. The highest BCUT2D eigenvalue weighted by Gasteiger charge is 2.39. The predicted molar refractivity (Wildman–Crippen MR) is 121 cm³/mol. The number of carbonyl (C=O) groups is 2. The van der Waals surface area contributed by atoms with Gasteiger partial charge < -0.3 is 10.1 Å². The lowest BCUT2D eigenvalue weighted by Crippen LogP contribution is -2.30. The van der Waals surface area contributed by atoms with Gasteiger partial charge in [-0.15, -0.1) is 5.10 Å². The first-order chi connectivity index (χ1) is 17.1. The van der Waals surface area contributed by atoms with Crippen LogP contribution in [-0.4, -0.2) is 42.3 Å². The molecular formula is C23H22F3N7O3. The normalized spacial score (nSPS) is 18.0. The van der Waals surface area contributed by atoms with Crippen LogP contribution in [0.2, 0.25) is 0 Å². The lowest BCUT2D eigenvalue weighted by atomic mass is 10.0. The number of ether oxygens (including phenoxy) is 1. The van der Waals surface area contributed by atoms with E-state index in [2.05, 4.69) is 25.8 Å². The molecule has 36 heavy (non-hydrogen) atoms. The lowest BCUT2D eigenvalue weighted by Gasteiger charge is -2.23. The molecule has 2 aliphatic rings. The Bertz CT molecular complexity index is 1420. The van der Waals surface area contributed by atoms with E-state index in [-0.39, 0.29) is 24.2 Å². The average Bonchev–Trinajstić information content (AvgIpc) is 3.47. The molecule has 0 aromatic carbocycles. The van der Waals surface area contributed by atoms with Crippen LogP contribution in [0.15, 0.2) is 47.9 Å². The van der Waals surface area contributed by atoms with Crippen molar-refractivity contribution >= 4 is 23.4 Å². The molecule has 10 nitrogen and oxygen atoms in total. The SMILES string of the molecule is CC1=C(NC(=O)c2cn(C)nc2C(F)(F)F)CC(Oc2ccc3nc(NC(=O)C4CC4)nn3c2)C=C1. The summed E-state index contributed by atoms with van der Waals surface area (Å²) in [6.45, 7) is 1.75. The van der Waals surface area contributed by atoms with Gasteiger partial charge in [-0.25, -0.2) is 4.52 Å². The summed E-state index contributed by atoms with van der Waals surface area (Å²) in [5.74, 6) is -0.306. The van der Waals surface area contributed by atoms with Crippen LogP contribution in [0.25, 0.3) is 5.65 Å². The van der Waals surface area contributed by atoms with Crippen molar-refractivity contribution in [3.8, 4) is 5.75 Å². The maximum absolute atomic E-state index is 13.3. The number of carbonyl (C=O) groups excluding carboxylic acids is 2. The number of alkyl halides is 3. The highest BCUT2D eigenvalue weighted by molar-refractivity contribution is 5.96. The molecule has 3 heterocycles. The minimum Gasteiger partial charge on any atom is -0.484 e. The second-order valence-electron chi connectivity index (χ2n) is 8.76. The fourth-order valence-corrected chi connectivity index (χ4v) is 3.80. The first-order valence-corrected chi connectivity index (χ1v) is 11.2. The molecule has 13 heteroatoms. The third-order valence-electron chi connectivity index (χ3n) is 5.82. The predicted octanol–water partition coefficient (Wildman–Crippen LogP) is 3.24. The Balaban J connectivity index is 1.26. The monoisotopic (exact) mass is 501 g/mol. The van der Waals surface area contributed by atoms with Gasteiger partial charge in [0.2, 0.25) is 11.9 Å². The van der Waals surface area contributed by atoms with Gasteiger partial charge in [-0.2, -0.15) is 23.3 Å².